The molecule has 2 heterocycles. The summed E-state index contributed by atoms with van der Waals surface area (Å²) in [6.07, 6.45) is 0.0968. The molecule has 1 N–H and O–H groups in total. The van der Waals surface area contributed by atoms with Crippen LogP contribution in [0.2, 0.25) is 0 Å². The van der Waals surface area contributed by atoms with Gasteiger partial charge in [0, 0.05) is 30.3 Å². The third-order valence-electron chi connectivity index (χ3n) is 3.48. The maximum Gasteiger partial charge on any atom is 0.422 e. The minimum absolute atomic E-state index is 0.0383. The number of carbonyl (C=O) groups excluding carboxylic acids is 1. The zero-order valence-electron chi connectivity index (χ0n) is 13.7. The highest BCUT2D eigenvalue weighted by Gasteiger charge is 2.28. The number of alkyl halides is 3. The first kappa shape index (κ1) is 18.4. The topological polar surface area (TPSA) is 56.2 Å². The molecule has 0 aliphatic rings. The highest BCUT2D eigenvalue weighted by Crippen LogP contribution is 2.21. The van der Waals surface area contributed by atoms with Crippen molar-refractivity contribution in [3.63, 3.8) is 0 Å². The summed E-state index contributed by atoms with van der Waals surface area (Å²) >= 11 is 0. The summed E-state index contributed by atoms with van der Waals surface area (Å²) in [5, 5.41) is 2.42. The van der Waals surface area contributed by atoms with E-state index in [0.29, 0.717) is 5.69 Å². The second-order valence-electron chi connectivity index (χ2n) is 5.50. The number of carbonyl (C=O) groups is 1. The molecule has 0 spiro atoms. The summed E-state index contributed by atoms with van der Waals surface area (Å²) in [6, 6.07) is 10.2. The Morgan fingerprint density at radius 3 is 2.52 bits per heavy atom. The largest absolute Gasteiger partial charge is 0.468 e. The van der Waals surface area contributed by atoms with Gasteiger partial charge in [0.15, 0.2) is 6.61 Å². The number of aromatic nitrogens is 2. The van der Waals surface area contributed by atoms with E-state index in [1.807, 2.05) is 0 Å². The lowest BCUT2D eigenvalue weighted by Crippen LogP contribution is -2.20. The van der Waals surface area contributed by atoms with Crippen LogP contribution in [0.15, 0.2) is 61.1 Å². The van der Waals surface area contributed by atoms with Gasteiger partial charge in [-0.15, -0.1) is 0 Å². The fourth-order valence-corrected chi connectivity index (χ4v) is 2.23. The Hall–Kier alpha value is -3.36. The lowest BCUT2D eigenvalue weighted by Gasteiger charge is -2.10. The Balaban J connectivity index is 1.71. The molecule has 2 aromatic heterocycles. The lowest BCUT2D eigenvalue weighted by atomic mass is 10.2. The summed E-state index contributed by atoms with van der Waals surface area (Å²) < 4.78 is 56.5. The van der Waals surface area contributed by atoms with Crippen LogP contribution in [0.4, 0.5) is 23.2 Å². The van der Waals surface area contributed by atoms with Gasteiger partial charge in [0.1, 0.15) is 5.82 Å². The summed E-state index contributed by atoms with van der Waals surface area (Å²) in [5.74, 6) is -1.56. The van der Waals surface area contributed by atoms with Crippen molar-refractivity contribution in [3.05, 3.63) is 72.4 Å². The molecule has 0 bridgehead atoms. The first-order valence-electron chi connectivity index (χ1n) is 7.72. The van der Waals surface area contributed by atoms with E-state index in [4.69, 9.17) is 0 Å². The van der Waals surface area contributed by atoms with Crippen molar-refractivity contribution in [1.82, 2.24) is 9.55 Å². The zero-order valence-corrected chi connectivity index (χ0v) is 13.7. The molecule has 0 unspecified atom stereocenters. The number of hydrogen-bond donors (Lipinski definition) is 1. The van der Waals surface area contributed by atoms with Crippen molar-refractivity contribution < 1.29 is 27.1 Å². The molecule has 0 atom stereocenters. The molecule has 0 saturated heterocycles. The second kappa shape index (κ2) is 7.48. The minimum Gasteiger partial charge on any atom is -0.468 e. The molecular formula is C18H13F4N3O2. The number of nitrogens with zero attached hydrogens (tertiary/aromatic N) is 2. The number of hydrogen-bond acceptors (Lipinski definition) is 3. The van der Waals surface area contributed by atoms with Gasteiger partial charge in [0.25, 0.3) is 5.91 Å². The number of pyridine rings is 1. The molecular weight excluding hydrogens is 366 g/mol. The number of ether oxygens (including phenoxy) is 1. The molecule has 140 valence electrons. The van der Waals surface area contributed by atoms with Crippen LogP contribution in [0, 0.1) is 5.82 Å². The molecule has 3 aromatic rings. The maximum atomic E-state index is 14.0. The summed E-state index contributed by atoms with van der Waals surface area (Å²) in [6.45, 7) is -1.48. The van der Waals surface area contributed by atoms with Gasteiger partial charge in [-0.2, -0.15) is 13.2 Å². The van der Waals surface area contributed by atoms with Crippen LogP contribution in [0.5, 0.6) is 5.88 Å². The van der Waals surface area contributed by atoms with Gasteiger partial charge in [-0.1, -0.05) is 0 Å². The maximum absolute atomic E-state index is 14.0. The predicted molar refractivity (Wildman–Crippen MR) is 89.5 cm³/mol. The van der Waals surface area contributed by atoms with Gasteiger partial charge in [-0.3, -0.25) is 4.79 Å². The minimum atomic E-state index is -4.49. The molecule has 9 heteroatoms. The monoisotopic (exact) mass is 379 g/mol. The van der Waals surface area contributed by atoms with Crippen LogP contribution < -0.4 is 10.1 Å². The number of amides is 1. The summed E-state index contributed by atoms with van der Waals surface area (Å²) in [5.41, 5.74) is 0.648. The van der Waals surface area contributed by atoms with E-state index in [-0.39, 0.29) is 17.1 Å². The van der Waals surface area contributed by atoms with E-state index in [2.05, 4.69) is 15.0 Å². The van der Waals surface area contributed by atoms with E-state index in [0.717, 1.165) is 12.3 Å². The lowest BCUT2D eigenvalue weighted by molar-refractivity contribution is -0.154. The van der Waals surface area contributed by atoms with Crippen LogP contribution in [0.1, 0.15) is 10.4 Å². The first-order chi connectivity index (χ1) is 12.8. The molecule has 0 aliphatic heterocycles. The van der Waals surface area contributed by atoms with Crippen LogP contribution in [0.3, 0.4) is 0 Å². The van der Waals surface area contributed by atoms with Crippen LogP contribution in [0.25, 0.3) is 5.69 Å². The molecule has 3 rings (SSSR count). The van der Waals surface area contributed by atoms with Crippen molar-refractivity contribution in [2.75, 3.05) is 11.9 Å². The van der Waals surface area contributed by atoms with E-state index in [9.17, 15) is 22.4 Å². The highest BCUT2D eigenvalue weighted by molar-refractivity contribution is 6.04. The van der Waals surface area contributed by atoms with Gasteiger partial charge >= 0.3 is 6.18 Å². The zero-order chi connectivity index (χ0) is 19.4. The van der Waals surface area contributed by atoms with Gasteiger partial charge in [-0.25, -0.2) is 9.37 Å². The number of nitrogens with one attached hydrogen (secondary N) is 1. The Labute approximate surface area is 151 Å². The molecule has 0 aliphatic carbocycles. The Kier molecular flexibility index (Phi) is 5.11. The van der Waals surface area contributed by atoms with E-state index in [1.54, 1.807) is 35.2 Å². The van der Waals surface area contributed by atoms with Gasteiger partial charge in [0.05, 0.1) is 11.3 Å². The van der Waals surface area contributed by atoms with Crippen LogP contribution in [-0.2, 0) is 0 Å². The summed E-state index contributed by atoms with van der Waals surface area (Å²) in [7, 11) is 0. The van der Waals surface area contributed by atoms with E-state index < -0.39 is 24.5 Å². The fraction of sp³-hybridized carbons (Fsp3) is 0.111. The first-order valence-corrected chi connectivity index (χ1v) is 7.72. The van der Waals surface area contributed by atoms with Crippen LogP contribution >= 0.6 is 0 Å². The van der Waals surface area contributed by atoms with Crippen molar-refractivity contribution in [1.29, 1.82) is 0 Å². The van der Waals surface area contributed by atoms with Crippen molar-refractivity contribution in [3.8, 4) is 11.6 Å². The quantitative estimate of drug-likeness (QED) is 0.676. The number of halogens is 4. The third kappa shape index (κ3) is 4.84. The smallest absolute Gasteiger partial charge is 0.422 e. The van der Waals surface area contributed by atoms with Crippen molar-refractivity contribution in [2.45, 2.75) is 6.18 Å². The number of benzene rings is 1. The van der Waals surface area contributed by atoms with E-state index in [1.165, 1.54) is 18.2 Å². The molecule has 5 nitrogen and oxygen atoms in total. The van der Waals surface area contributed by atoms with Gasteiger partial charge < -0.3 is 14.6 Å². The number of rotatable bonds is 5. The van der Waals surface area contributed by atoms with Crippen molar-refractivity contribution in [2.24, 2.45) is 0 Å². The van der Waals surface area contributed by atoms with Gasteiger partial charge in [0.2, 0.25) is 5.88 Å². The molecule has 1 amide bonds. The summed E-state index contributed by atoms with van der Waals surface area (Å²) in [4.78, 5) is 15.9. The Morgan fingerprint density at radius 1 is 1.15 bits per heavy atom. The average molecular weight is 379 g/mol. The molecule has 27 heavy (non-hydrogen) atoms. The molecule has 1 aromatic carbocycles. The molecule has 0 radical (unpaired) electrons. The van der Waals surface area contributed by atoms with Crippen LogP contribution in [-0.4, -0.2) is 28.2 Å². The van der Waals surface area contributed by atoms with Gasteiger partial charge in [-0.05, 0) is 36.4 Å². The third-order valence-corrected chi connectivity index (χ3v) is 3.48. The standard InChI is InChI=1S/C18H13F4N3O2/c19-14-5-4-13(25-7-1-2-8-25)9-15(14)24-17(26)12-3-6-16(23-10-12)27-11-18(20,21)22/h1-10H,11H2,(H,24,26). The average Bonchev–Trinajstić information content (AvgIpc) is 3.16. The predicted octanol–water partition coefficient (Wildman–Crippen LogP) is 4.20. The highest BCUT2D eigenvalue weighted by atomic mass is 19.4. The Bertz CT molecular complexity index is 923. The second-order valence-corrected chi connectivity index (χ2v) is 5.50. The number of anilines is 1. The SMILES string of the molecule is O=C(Nc1cc(-n2cccc2)ccc1F)c1ccc(OCC(F)(F)F)nc1. The molecule has 0 saturated carbocycles. The molecule has 0 fully saturated rings. The van der Waals surface area contributed by atoms with E-state index >= 15 is 0 Å². The van der Waals surface area contributed by atoms with Crippen molar-refractivity contribution >= 4 is 11.6 Å². The Morgan fingerprint density at radius 2 is 1.89 bits per heavy atom. The normalized spacial score (nSPS) is 11.3. The fourth-order valence-electron chi connectivity index (χ4n) is 2.23.